The molecular formula is C32H37FN8O3. The molecule has 4 aliphatic rings. The molecule has 1 amide bonds. The molecule has 0 saturated carbocycles. The first kappa shape index (κ1) is 28.7. The first-order valence-electron chi connectivity index (χ1n) is 15.5. The number of rotatable bonds is 7. The second-order valence-electron chi connectivity index (χ2n) is 12.5. The van der Waals surface area contributed by atoms with Crippen LogP contribution in [0.3, 0.4) is 0 Å². The van der Waals surface area contributed by atoms with Crippen LogP contribution in [0, 0.1) is 18.3 Å². The van der Waals surface area contributed by atoms with E-state index in [1.807, 2.05) is 12.3 Å². The van der Waals surface area contributed by atoms with E-state index in [1.54, 1.807) is 0 Å². The second kappa shape index (κ2) is 11.4. The van der Waals surface area contributed by atoms with Crippen molar-refractivity contribution >= 4 is 22.6 Å². The van der Waals surface area contributed by atoms with Crippen LogP contribution >= 0.6 is 0 Å². The van der Waals surface area contributed by atoms with Crippen molar-refractivity contribution < 1.29 is 18.7 Å². The van der Waals surface area contributed by atoms with Crippen molar-refractivity contribution in [3.05, 3.63) is 53.1 Å². The fourth-order valence-corrected chi connectivity index (χ4v) is 7.73. The minimum absolute atomic E-state index is 0.0394. The minimum Gasteiger partial charge on any atom is -0.461 e. The van der Waals surface area contributed by atoms with E-state index in [9.17, 15) is 14.4 Å². The summed E-state index contributed by atoms with van der Waals surface area (Å²) in [7, 11) is 0. The quantitative estimate of drug-likeness (QED) is 0.402. The Hall–Kier alpha value is -4.08. The molecule has 0 radical (unpaired) electrons. The lowest BCUT2D eigenvalue weighted by Crippen LogP contribution is -2.55. The molecule has 2 aromatic heterocycles. The Bertz CT molecular complexity index is 1640. The predicted molar refractivity (Wildman–Crippen MR) is 161 cm³/mol. The van der Waals surface area contributed by atoms with Crippen LogP contribution in [0.15, 0.2) is 30.7 Å². The predicted octanol–water partition coefficient (Wildman–Crippen LogP) is 3.90. The smallest absolute Gasteiger partial charge is 0.318 e. The van der Waals surface area contributed by atoms with E-state index in [-0.39, 0.29) is 24.6 Å². The minimum atomic E-state index is -1.02. The Balaban J connectivity index is 1.23. The van der Waals surface area contributed by atoms with Crippen LogP contribution in [0.25, 0.3) is 10.9 Å². The lowest BCUT2D eigenvalue weighted by Gasteiger charge is -2.42. The average molecular weight is 601 g/mol. The van der Waals surface area contributed by atoms with Gasteiger partial charge in [-0.05, 0) is 62.9 Å². The van der Waals surface area contributed by atoms with Crippen molar-refractivity contribution in [2.75, 3.05) is 44.2 Å². The third-order valence-electron chi connectivity index (χ3n) is 9.95. The number of aromatic nitrogens is 4. The number of hydrogen-bond acceptors (Lipinski definition) is 9. The van der Waals surface area contributed by atoms with E-state index in [1.165, 1.54) is 17.7 Å². The number of nitriles is 1. The van der Waals surface area contributed by atoms with Crippen LogP contribution in [-0.4, -0.2) is 86.8 Å². The van der Waals surface area contributed by atoms with Gasteiger partial charge in [-0.1, -0.05) is 12.6 Å². The van der Waals surface area contributed by atoms with E-state index in [0.717, 1.165) is 59.2 Å². The molecule has 7 rings (SSSR count). The molecule has 11 nitrogen and oxygen atoms in total. The van der Waals surface area contributed by atoms with Crippen LogP contribution in [0.5, 0.6) is 6.01 Å². The monoisotopic (exact) mass is 600 g/mol. The third kappa shape index (κ3) is 4.98. The lowest BCUT2D eigenvalue weighted by molar-refractivity contribution is -0.131. The average Bonchev–Trinajstić information content (AvgIpc) is 3.75. The number of aryl methyl sites for hydroxylation is 1. The maximum atomic E-state index is 13.8. The summed E-state index contributed by atoms with van der Waals surface area (Å²) in [5.74, 6) is -1.11. The van der Waals surface area contributed by atoms with Crippen molar-refractivity contribution in [3.63, 3.8) is 0 Å². The standard InChI is InChI=1S/C32H37FN8O3/c1-20-5-6-25-23(16-35-38-25)28(20)27-15-26-24(18-43-27)29(39-13-14-41(30(42)21(2)33)22(17-39)7-10-34)37-31(36-26)44-19-32-8-3-11-40(32)12-4-9-32/h5-6,16,22,27H,2-4,7-9,11-15,17-19H2,1H3,(H,35,38)/t22-,27?/m0/s1. The number of amides is 1. The number of halogens is 1. The maximum Gasteiger partial charge on any atom is 0.318 e. The summed E-state index contributed by atoms with van der Waals surface area (Å²) in [6, 6.07) is 6.08. The maximum absolute atomic E-state index is 13.8. The number of aromatic amines is 1. The van der Waals surface area contributed by atoms with Crippen LogP contribution < -0.4 is 9.64 Å². The summed E-state index contributed by atoms with van der Waals surface area (Å²) >= 11 is 0. The number of piperazine rings is 1. The number of nitrogens with zero attached hydrogens (tertiary/aromatic N) is 7. The largest absolute Gasteiger partial charge is 0.461 e. The fourth-order valence-electron chi connectivity index (χ4n) is 7.73. The van der Waals surface area contributed by atoms with Gasteiger partial charge < -0.3 is 19.3 Å². The van der Waals surface area contributed by atoms with Crippen molar-refractivity contribution in [2.45, 2.75) is 69.7 Å². The van der Waals surface area contributed by atoms with E-state index in [0.29, 0.717) is 44.6 Å². The lowest BCUT2D eigenvalue weighted by atomic mass is 9.93. The van der Waals surface area contributed by atoms with Crippen molar-refractivity contribution in [1.82, 2.24) is 30.0 Å². The Morgan fingerprint density at radius 1 is 1.25 bits per heavy atom. The number of hydrogen-bond donors (Lipinski definition) is 1. The Morgan fingerprint density at radius 3 is 2.84 bits per heavy atom. The van der Waals surface area contributed by atoms with Gasteiger partial charge in [0.25, 0.3) is 5.91 Å². The van der Waals surface area contributed by atoms with Gasteiger partial charge in [-0.25, -0.2) is 4.39 Å². The SMILES string of the molecule is C=C(F)C(=O)N1CCN(c2nc(OCC34CCCN3CCC4)nc3c2COC(c2c(C)ccc4[nH]ncc24)C3)C[C@@H]1CC#N. The van der Waals surface area contributed by atoms with Gasteiger partial charge in [0, 0.05) is 37.0 Å². The summed E-state index contributed by atoms with van der Waals surface area (Å²) in [5, 5.41) is 17.9. The molecule has 3 fully saturated rings. The van der Waals surface area contributed by atoms with E-state index in [2.05, 4.69) is 45.6 Å². The molecule has 230 valence electrons. The summed E-state index contributed by atoms with van der Waals surface area (Å²) in [6.45, 7) is 9.29. The van der Waals surface area contributed by atoms with Gasteiger partial charge in [0.15, 0.2) is 5.83 Å². The molecule has 1 unspecified atom stereocenters. The molecule has 6 heterocycles. The first-order chi connectivity index (χ1) is 21.4. The number of benzene rings is 1. The molecule has 3 aromatic rings. The normalized spacial score (nSPS) is 22.9. The van der Waals surface area contributed by atoms with Crippen LogP contribution in [0.1, 0.15) is 60.6 Å². The third-order valence-corrected chi connectivity index (χ3v) is 9.95. The zero-order valence-electron chi connectivity index (χ0n) is 25.0. The second-order valence-corrected chi connectivity index (χ2v) is 12.5. The Morgan fingerprint density at radius 2 is 2.07 bits per heavy atom. The van der Waals surface area contributed by atoms with Gasteiger partial charge in [0.1, 0.15) is 12.4 Å². The summed E-state index contributed by atoms with van der Waals surface area (Å²) in [4.78, 5) is 28.5. The molecular weight excluding hydrogens is 563 g/mol. The molecule has 44 heavy (non-hydrogen) atoms. The zero-order valence-corrected chi connectivity index (χ0v) is 25.0. The summed E-state index contributed by atoms with van der Waals surface area (Å²) in [6.07, 6.45) is 6.78. The number of H-pyrrole nitrogens is 1. The number of nitrogens with one attached hydrogen (secondary N) is 1. The topological polar surface area (TPSA) is 124 Å². The van der Waals surface area contributed by atoms with Gasteiger partial charge in [-0.15, -0.1) is 0 Å². The highest BCUT2D eigenvalue weighted by molar-refractivity contribution is 5.91. The van der Waals surface area contributed by atoms with Crippen LogP contribution in [0.4, 0.5) is 10.2 Å². The highest BCUT2D eigenvalue weighted by Crippen LogP contribution is 2.41. The zero-order chi connectivity index (χ0) is 30.4. The molecule has 1 N–H and O–H groups in total. The number of fused-ring (bicyclic) bond motifs is 3. The highest BCUT2D eigenvalue weighted by Gasteiger charge is 2.45. The number of carbonyl (C=O) groups excluding carboxylic acids is 1. The number of ether oxygens (including phenoxy) is 2. The first-order valence-corrected chi connectivity index (χ1v) is 15.5. The van der Waals surface area contributed by atoms with E-state index < -0.39 is 17.8 Å². The van der Waals surface area contributed by atoms with Gasteiger partial charge in [-0.2, -0.15) is 20.3 Å². The van der Waals surface area contributed by atoms with Gasteiger partial charge >= 0.3 is 6.01 Å². The van der Waals surface area contributed by atoms with Crippen molar-refractivity contribution in [2.24, 2.45) is 0 Å². The highest BCUT2D eigenvalue weighted by atomic mass is 19.1. The van der Waals surface area contributed by atoms with Gasteiger partial charge in [-0.3, -0.25) is 14.8 Å². The molecule has 0 spiro atoms. The Kier molecular flexibility index (Phi) is 7.46. The molecule has 12 heteroatoms. The van der Waals surface area contributed by atoms with Crippen LogP contribution in [-0.2, 0) is 22.6 Å². The van der Waals surface area contributed by atoms with Crippen molar-refractivity contribution in [3.8, 4) is 12.1 Å². The summed E-state index contributed by atoms with van der Waals surface area (Å²) in [5.41, 5.74) is 4.94. The fraction of sp³-hybridized carbons (Fsp3) is 0.531. The molecule has 0 bridgehead atoms. The Labute approximate surface area is 255 Å². The van der Waals surface area contributed by atoms with Crippen LogP contribution in [0.2, 0.25) is 0 Å². The van der Waals surface area contributed by atoms with E-state index in [4.69, 9.17) is 19.4 Å². The van der Waals surface area contributed by atoms with E-state index >= 15 is 0 Å². The summed E-state index contributed by atoms with van der Waals surface area (Å²) < 4.78 is 26.8. The molecule has 3 saturated heterocycles. The molecule has 1 aromatic carbocycles. The molecule has 4 aliphatic heterocycles. The van der Waals surface area contributed by atoms with Gasteiger partial charge in [0.05, 0.1) is 54.2 Å². The number of carbonyl (C=O) groups is 1. The van der Waals surface area contributed by atoms with Gasteiger partial charge in [0.2, 0.25) is 0 Å². The molecule has 0 aliphatic carbocycles. The number of anilines is 1. The van der Waals surface area contributed by atoms with Crippen molar-refractivity contribution in [1.29, 1.82) is 5.26 Å². The molecule has 2 atom stereocenters.